The molecule has 0 N–H and O–H groups in total. The number of hydrogen-bond donors (Lipinski definition) is 0. The molecule has 2 heterocycles. The SMILES string of the molecule is COc1cccc(OC)c1C(=O)N1CCN2CCCc3cccc1c32. The highest BCUT2D eigenvalue weighted by molar-refractivity contribution is 6.11. The van der Waals surface area contributed by atoms with Gasteiger partial charge in [0.15, 0.2) is 0 Å². The number of benzene rings is 2. The molecule has 0 saturated heterocycles. The molecule has 0 spiro atoms. The van der Waals surface area contributed by atoms with Crippen LogP contribution in [0.15, 0.2) is 36.4 Å². The fourth-order valence-corrected chi connectivity index (χ4v) is 3.91. The second-order valence-corrected chi connectivity index (χ2v) is 6.37. The molecule has 0 bridgehead atoms. The first-order valence-electron chi connectivity index (χ1n) is 8.64. The Morgan fingerprint density at radius 3 is 2.40 bits per heavy atom. The van der Waals surface area contributed by atoms with Crippen LogP contribution in [0.5, 0.6) is 11.5 Å². The van der Waals surface area contributed by atoms with Crippen molar-refractivity contribution in [1.82, 2.24) is 0 Å². The number of aryl methyl sites for hydroxylation is 1. The van der Waals surface area contributed by atoms with Crippen LogP contribution in [0.25, 0.3) is 0 Å². The van der Waals surface area contributed by atoms with Gasteiger partial charge in [-0.15, -0.1) is 0 Å². The average molecular weight is 338 g/mol. The number of amides is 1. The van der Waals surface area contributed by atoms with E-state index in [4.69, 9.17) is 9.47 Å². The summed E-state index contributed by atoms with van der Waals surface area (Å²) < 4.78 is 10.9. The van der Waals surface area contributed by atoms with Crippen molar-refractivity contribution in [3.63, 3.8) is 0 Å². The molecule has 25 heavy (non-hydrogen) atoms. The summed E-state index contributed by atoms with van der Waals surface area (Å²) in [7, 11) is 3.15. The van der Waals surface area contributed by atoms with Gasteiger partial charge in [0, 0.05) is 19.6 Å². The number of para-hydroxylation sites is 1. The fourth-order valence-electron chi connectivity index (χ4n) is 3.91. The van der Waals surface area contributed by atoms with Gasteiger partial charge in [-0.05, 0) is 36.6 Å². The van der Waals surface area contributed by atoms with Crippen LogP contribution in [0, 0.1) is 0 Å². The number of carbonyl (C=O) groups is 1. The van der Waals surface area contributed by atoms with Crippen molar-refractivity contribution in [2.75, 3.05) is 43.7 Å². The Morgan fingerprint density at radius 1 is 0.960 bits per heavy atom. The smallest absolute Gasteiger partial charge is 0.265 e. The summed E-state index contributed by atoms with van der Waals surface area (Å²) in [5.74, 6) is 1.00. The topological polar surface area (TPSA) is 42.0 Å². The van der Waals surface area contributed by atoms with Gasteiger partial charge >= 0.3 is 0 Å². The van der Waals surface area contributed by atoms with E-state index in [0.29, 0.717) is 23.6 Å². The van der Waals surface area contributed by atoms with Gasteiger partial charge in [-0.2, -0.15) is 0 Å². The maximum absolute atomic E-state index is 13.4. The molecule has 0 saturated carbocycles. The molecule has 2 aromatic carbocycles. The highest BCUT2D eigenvalue weighted by Gasteiger charge is 2.33. The van der Waals surface area contributed by atoms with Gasteiger partial charge in [0.05, 0.1) is 25.6 Å². The zero-order valence-corrected chi connectivity index (χ0v) is 14.6. The Bertz CT molecular complexity index is 796. The highest BCUT2D eigenvalue weighted by Crippen LogP contribution is 2.41. The van der Waals surface area contributed by atoms with E-state index < -0.39 is 0 Å². The quantitative estimate of drug-likeness (QED) is 0.862. The van der Waals surface area contributed by atoms with Crippen molar-refractivity contribution < 1.29 is 14.3 Å². The predicted octanol–water partition coefficient (Wildman–Crippen LogP) is 3.12. The maximum atomic E-state index is 13.4. The molecule has 5 nitrogen and oxygen atoms in total. The van der Waals surface area contributed by atoms with E-state index in [2.05, 4.69) is 11.0 Å². The Balaban J connectivity index is 1.80. The van der Waals surface area contributed by atoms with E-state index in [9.17, 15) is 4.79 Å². The minimum Gasteiger partial charge on any atom is -0.496 e. The Kier molecular flexibility index (Phi) is 3.99. The van der Waals surface area contributed by atoms with Crippen molar-refractivity contribution in [3.8, 4) is 11.5 Å². The summed E-state index contributed by atoms with van der Waals surface area (Å²) >= 11 is 0. The Hall–Kier alpha value is -2.69. The van der Waals surface area contributed by atoms with Gasteiger partial charge in [0.2, 0.25) is 0 Å². The van der Waals surface area contributed by atoms with Gasteiger partial charge in [-0.3, -0.25) is 4.79 Å². The molecule has 2 aliphatic rings. The molecule has 0 unspecified atom stereocenters. The van der Waals surface area contributed by atoms with E-state index >= 15 is 0 Å². The molecule has 1 amide bonds. The summed E-state index contributed by atoms with van der Waals surface area (Å²) in [6.45, 7) is 2.58. The van der Waals surface area contributed by atoms with Gasteiger partial charge in [0.25, 0.3) is 5.91 Å². The molecule has 0 fully saturated rings. The van der Waals surface area contributed by atoms with Crippen LogP contribution in [0.2, 0.25) is 0 Å². The first-order chi connectivity index (χ1) is 12.2. The van der Waals surface area contributed by atoms with Gasteiger partial charge in [0.1, 0.15) is 17.1 Å². The first-order valence-corrected chi connectivity index (χ1v) is 8.64. The van der Waals surface area contributed by atoms with Crippen LogP contribution < -0.4 is 19.3 Å². The average Bonchev–Trinajstić information content (AvgIpc) is 2.67. The summed E-state index contributed by atoms with van der Waals surface area (Å²) in [6.07, 6.45) is 2.24. The third-order valence-electron chi connectivity index (χ3n) is 5.06. The van der Waals surface area contributed by atoms with Crippen LogP contribution in [-0.4, -0.2) is 39.8 Å². The number of nitrogens with zero attached hydrogens (tertiary/aromatic N) is 2. The van der Waals surface area contributed by atoms with Gasteiger partial charge < -0.3 is 19.3 Å². The molecule has 2 aliphatic heterocycles. The zero-order valence-electron chi connectivity index (χ0n) is 14.6. The molecule has 0 atom stereocenters. The van der Waals surface area contributed by atoms with Crippen molar-refractivity contribution in [2.45, 2.75) is 12.8 Å². The number of ether oxygens (including phenoxy) is 2. The molecule has 5 heteroatoms. The minimum atomic E-state index is -0.0760. The standard InChI is InChI=1S/C20H22N2O3/c1-24-16-9-4-10-17(25-2)18(16)20(23)22-13-12-21-11-5-7-14-6-3-8-15(22)19(14)21/h3-4,6,8-10H,5,7,11-13H2,1-2H3. The largest absolute Gasteiger partial charge is 0.496 e. The molecule has 0 aromatic heterocycles. The highest BCUT2D eigenvalue weighted by atomic mass is 16.5. The Labute approximate surface area is 147 Å². The summed E-state index contributed by atoms with van der Waals surface area (Å²) in [5.41, 5.74) is 4.01. The minimum absolute atomic E-state index is 0.0760. The van der Waals surface area contributed by atoms with Crippen LogP contribution in [-0.2, 0) is 6.42 Å². The number of methoxy groups -OCH3 is 2. The summed E-state index contributed by atoms with van der Waals surface area (Å²) in [6, 6.07) is 11.7. The predicted molar refractivity (Wildman–Crippen MR) is 98.2 cm³/mol. The normalized spacial score (nSPS) is 15.6. The van der Waals surface area contributed by atoms with E-state index in [1.165, 1.54) is 17.7 Å². The van der Waals surface area contributed by atoms with Crippen LogP contribution in [0.4, 0.5) is 11.4 Å². The second-order valence-electron chi connectivity index (χ2n) is 6.37. The first kappa shape index (κ1) is 15.8. The summed E-state index contributed by atoms with van der Waals surface area (Å²) in [4.78, 5) is 17.7. The number of rotatable bonds is 3. The molecule has 0 aliphatic carbocycles. The number of hydrogen-bond acceptors (Lipinski definition) is 4. The molecule has 130 valence electrons. The lowest BCUT2D eigenvalue weighted by molar-refractivity contribution is 0.0980. The molecule has 2 aromatic rings. The maximum Gasteiger partial charge on any atom is 0.265 e. The van der Waals surface area contributed by atoms with E-state index in [1.54, 1.807) is 26.4 Å². The lowest BCUT2D eigenvalue weighted by Gasteiger charge is -2.41. The number of anilines is 2. The molecule has 0 radical (unpaired) electrons. The van der Waals surface area contributed by atoms with Crippen LogP contribution >= 0.6 is 0 Å². The fraction of sp³-hybridized carbons (Fsp3) is 0.350. The summed E-state index contributed by atoms with van der Waals surface area (Å²) in [5, 5.41) is 0. The molecule has 4 rings (SSSR count). The van der Waals surface area contributed by atoms with Crippen molar-refractivity contribution in [2.24, 2.45) is 0 Å². The van der Waals surface area contributed by atoms with E-state index in [1.807, 2.05) is 23.1 Å². The third-order valence-corrected chi connectivity index (χ3v) is 5.06. The van der Waals surface area contributed by atoms with Crippen molar-refractivity contribution in [1.29, 1.82) is 0 Å². The van der Waals surface area contributed by atoms with Gasteiger partial charge in [-0.1, -0.05) is 18.2 Å². The molecular formula is C20H22N2O3. The van der Waals surface area contributed by atoms with Gasteiger partial charge in [-0.25, -0.2) is 0 Å². The zero-order chi connectivity index (χ0) is 17.4. The monoisotopic (exact) mass is 338 g/mol. The number of carbonyl (C=O) groups excluding carboxylic acids is 1. The van der Waals surface area contributed by atoms with Crippen molar-refractivity contribution >= 4 is 17.3 Å². The van der Waals surface area contributed by atoms with E-state index in [0.717, 1.165) is 25.2 Å². The van der Waals surface area contributed by atoms with Crippen LogP contribution in [0.3, 0.4) is 0 Å². The second kappa shape index (κ2) is 6.31. The van der Waals surface area contributed by atoms with Crippen molar-refractivity contribution in [3.05, 3.63) is 47.5 Å². The lowest BCUT2D eigenvalue weighted by Crippen LogP contribution is -2.46. The Morgan fingerprint density at radius 2 is 1.68 bits per heavy atom. The third kappa shape index (κ3) is 2.51. The van der Waals surface area contributed by atoms with E-state index in [-0.39, 0.29) is 5.91 Å². The van der Waals surface area contributed by atoms with Crippen LogP contribution in [0.1, 0.15) is 22.3 Å². The lowest BCUT2D eigenvalue weighted by atomic mass is 9.97. The molecular weight excluding hydrogens is 316 g/mol.